The van der Waals surface area contributed by atoms with Crippen molar-refractivity contribution in [1.82, 2.24) is 9.78 Å². The minimum Gasteiger partial charge on any atom is -0.497 e. The molecule has 0 aliphatic carbocycles. The van der Waals surface area contributed by atoms with E-state index in [2.05, 4.69) is 24.4 Å². The molecule has 0 atom stereocenters. The second-order valence-corrected chi connectivity index (χ2v) is 6.12. The van der Waals surface area contributed by atoms with E-state index in [1.54, 1.807) is 14.2 Å². The van der Waals surface area contributed by atoms with Crippen LogP contribution in [0.1, 0.15) is 11.1 Å². The Balaban J connectivity index is 1.91. The van der Waals surface area contributed by atoms with Crippen molar-refractivity contribution in [2.24, 2.45) is 0 Å². The van der Waals surface area contributed by atoms with Crippen LogP contribution < -0.4 is 14.8 Å². The molecule has 0 bridgehead atoms. The number of aromatic nitrogens is 2. The first kappa shape index (κ1) is 15.6. The van der Waals surface area contributed by atoms with Crippen molar-refractivity contribution in [1.29, 1.82) is 0 Å². The lowest BCUT2D eigenvalue weighted by Crippen LogP contribution is -2.05. The number of methoxy groups -OCH3 is 2. The highest BCUT2D eigenvalue weighted by Gasteiger charge is 2.26. The zero-order chi connectivity index (χ0) is 17.4. The first-order valence-electron chi connectivity index (χ1n) is 8.37. The summed E-state index contributed by atoms with van der Waals surface area (Å²) in [4.78, 5) is 0. The Kier molecular flexibility index (Phi) is 3.84. The largest absolute Gasteiger partial charge is 0.497 e. The number of rotatable bonds is 4. The second-order valence-electron chi connectivity index (χ2n) is 6.12. The molecule has 5 nitrogen and oxygen atoms in total. The fourth-order valence-electron chi connectivity index (χ4n) is 3.36. The molecule has 0 spiro atoms. The lowest BCUT2D eigenvalue weighted by Gasteiger charge is -2.10. The molecule has 5 heteroatoms. The summed E-state index contributed by atoms with van der Waals surface area (Å²) in [6.07, 6.45) is 0.950. The van der Waals surface area contributed by atoms with Gasteiger partial charge in [-0.05, 0) is 37.1 Å². The average molecular weight is 335 g/mol. The first-order valence-corrected chi connectivity index (χ1v) is 8.37. The third-order valence-corrected chi connectivity index (χ3v) is 4.66. The SMILES string of the molecule is COc1ccc(-c2nn(-c3ccccc3C)c3c2CCN3)c(OC)c1. The van der Waals surface area contributed by atoms with Gasteiger partial charge >= 0.3 is 0 Å². The molecule has 1 aliphatic heterocycles. The van der Waals surface area contributed by atoms with Crippen LogP contribution in [0.3, 0.4) is 0 Å². The molecule has 0 unspecified atom stereocenters. The van der Waals surface area contributed by atoms with E-state index in [9.17, 15) is 0 Å². The van der Waals surface area contributed by atoms with Crippen LogP contribution >= 0.6 is 0 Å². The number of ether oxygens (including phenoxy) is 2. The highest BCUT2D eigenvalue weighted by atomic mass is 16.5. The zero-order valence-electron chi connectivity index (χ0n) is 14.7. The number of fused-ring (bicyclic) bond motifs is 1. The number of hydrogen-bond acceptors (Lipinski definition) is 4. The van der Waals surface area contributed by atoms with Gasteiger partial charge in [0.2, 0.25) is 0 Å². The summed E-state index contributed by atoms with van der Waals surface area (Å²) in [7, 11) is 3.33. The third-order valence-electron chi connectivity index (χ3n) is 4.66. The number of hydrogen-bond donors (Lipinski definition) is 1. The molecule has 0 amide bonds. The fraction of sp³-hybridized carbons (Fsp3) is 0.250. The van der Waals surface area contributed by atoms with E-state index in [-0.39, 0.29) is 0 Å². The van der Waals surface area contributed by atoms with E-state index in [1.807, 2.05) is 35.0 Å². The van der Waals surface area contributed by atoms with Gasteiger partial charge in [0.15, 0.2) is 0 Å². The summed E-state index contributed by atoms with van der Waals surface area (Å²) in [5, 5.41) is 8.41. The molecule has 1 aromatic heterocycles. The van der Waals surface area contributed by atoms with Crippen LogP contribution in [0.4, 0.5) is 5.82 Å². The van der Waals surface area contributed by atoms with Gasteiger partial charge in [-0.1, -0.05) is 18.2 Å². The Morgan fingerprint density at radius 3 is 2.68 bits per heavy atom. The van der Waals surface area contributed by atoms with E-state index < -0.39 is 0 Å². The highest BCUT2D eigenvalue weighted by Crippen LogP contribution is 2.40. The van der Waals surface area contributed by atoms with Crippen LogP contribution in [0.2, 0.25) is 0 Å². The summed E-state index contributed by atoms with van der Waals surface area (Å²) in [6, 6.07) is 14.1. The third kappa shape index (κ3) is 2.52. The van der Waals surface area contributed by atoms with Crippen molar-refractivity contribution in [3.8, 4) is 28.4 Å². The molecule has 25 heavy (non-hydrogen) atoms. The van der Waals surface area contributed by atoms with Gasteiger partial charge in [0, 0.05) is 23.7 Å². The molecule has 0 saturated carbocycles. The standard InChI is InChI=1S/C20H21N3O2/c1-13-6-4-5-7-17(13)23-20-16(10-11-21-20)19(22-23)15-9-8-14(24-2)12-18(15)25-3/h4-9,12,21H,10-11H2,1-3H3. The van der Waals surface area contributed by atoms with Gasteiger partial charge in [-0.3, -0.25) is 0 Å². The Morgan fingerprint density at radius 1 is 1.08 bits per heavy atom. The predicted octanol–water partition coefficient (Wildman–Crippen LogP) is 3.83. The summed E-state index contributed by atoms with van der Waals surface area (Å²) in [6.45, 7) is 3.02. The Labute approximate surface area is 147 Å². The summed E-state index contributed by atoms with van der Waals surface area (Å²) >= 11 is 0. The summed E-state index contributed by atoms with van der Waals surface area (Å²) in [5.74, 6) is 2.61. The van der Waals surface area contributed by atoms with Gasteiger partial charge in [-0.25, -0.2) is 4.68 Å². The van der Waals surface area contributed by atoms with Crippen molar-refractivity contribution < 1.29 is 9.47 Å². The molecule has 4 rings (SSSR count). The lowest BCUT2D eigenvalue weighted by atomic mass is 10.1. The predicted molar refractivity (Wildman–Crippen MR) is 99.0 cm³/mol. The number of nitrogens with one attached hydrogen (secondary N) is 1. The maximum absolute atomic E-state index is 5.59. The monoisotopic (exact) mass is 335 g/mol. The molecule has 2 heterocycles. The van der Waals surface area contributed by atoms with Gasteiger partial charge in [0.05, 0.1) is 19.9 Å². The van der Waals surface area contributed by atoms with Crippen molar-refractivity contribution in [2.75, 3.05) is 26.1 Å². The summed E-state index contributed by atoms with van der Waals surface area (Å²) < 4.78 is 12.9. The van der Waals surface area contributed by atoms with Gasteiger partial charge in [0.1, 0.15) is 23.0 Å². The van der Waals surface area contributed by atoms with E-state index in [0.29, 0.717) is 0 Å². The van der Waals surface area contributed by atoms with E-state index in [1.165, 1.54) is 11.1 Å². The topological polar surface area (TPSA) is 48.3 Å². The molecule has 0 saturated heterocycles. The van der Waals surface area contributed by atoms with Crippen LogP contribution in [0.5, 0.6) is 11.5 Å². The van der Waals surface area contributed by atoms with Crippen LogP contribution in [0.15, 0.2) is 42.5 Å². The van der Waals surface area contributed by atoms with Crippen LogP contribution in [0, 0.1) is 6.92 Å². The zero-order valence-corrected chi connectivity index (χ0v) is 14.7. The fourth-order valence-corrected chi connectivity index (χ4v) is 3.36. The Hall–Kier alpha value is -2.95. The maximum atomic E-state index is 5.59. The minimum absolute atomic E-state index is 0.767. The molecule has 0 fully saturated rings. The van der Waals surface area contributed by atoms with Gasteiger partial charge in [0.25, 0.3) is 0 Å². The molecular weight excluding hydrogens is 314 g/mol. The second kappa shape index (κ2) is 6.16. The number of benzene rings is 2. The molecule has 0 radical (unpaired) electrons. The molecule has 2 aromatic carbocycles. The minimum atomic E-state index is 0.767. The number of aryl methyl sites for hydroxylation is 1. The maximum Gasteiger partial charge on any atom is 0.133 e. The van der Waals surface area contributed by atoms with Gasteiger partial charge < -0.3 is 14.8 Å². The first-order chi connectivity index (χ1) is 12.2. The van der Waals surface area contributed by atoms with Crippen molar-refractivity contribution >= 4 is 5.82 Å². The quantitative estimate of drug-likeness (QED) is 0.787. The van der Waals surface area contributed by atoms with Crippen LogP contribution in [0.25, 0.3) is 16.9 Å². The van der Waals surface area contributed by atoms with Crippen molar-refractivity contribution in [2.45, 2.75) is 13.3 Å². The Bertz CT molecular complexity index is 931. The molecule has 1 N–H and O–H groups in total. The Morgan fingerprint density at radius 2 is 1.92 bits per heavy atom. The number of anilines is 1. The molecular formula is C20H21N3O2. The van der Waals surface area contributed by atoms with Crippen molar-refractivity contribution in [3.05, 3.63) is 53.6 Å². The normalized spacial score (nSPS) is 12.6. The molecule has 128 valence electrons. The summed E-state index contributed by atoms with van der Waals surface area (Å²) in [5.41, 5.74) is 5.45. The average Bonchev–Trinajstić information content (AvgIpc) is 3.24. The number of nitrogens with zero attached hydrogens (tertiary/aromatic N) is 2. The van der Waals surface area contributed by atoms with Crippen LogP contribution in [-0.4, -0.2) is 30.5 Å². The van der Waals surface area contributed by atoms with Crippen LogP contribution in [-0.2, 0) is 6.42 Å². The van der Waals surface area contributed by atoms with E-state index in [0.717, 1.165) is 47.2 Å². The highest BCUT2D eigenvalue weighted by molar-refractivity contribution is 5.77. The molecule has 1 aliphatic rings. The van der Waals surface area contributed by atoms with Crippen molar-refractivity contribution in [3.63, 3.8) is 0 Å². The van der Waals surface area contributed by atoms with E-state index in [4.69, 9.17) is 14.6 Å². The number of para-hydroxylation sites is 1. The van der Waals surface area contributed by atoms with Gasteiger partial charge in [-0.2, -0.15) is 5.10 Å². The molecule has 3 aromatic rings. The smallest absolute Gasteiger partial charge is 0.133 e. The van der Waals surface area contributed by atoms with E-state index >= 15 is 0 Å². The lowest BCUT2D eigenvalue weighted by molar-refractivity contribution is 0.395. The van der Waals surface area contributed by atoms with Gasteiger partial charge in [-0.15, -0.1) is 0 Å².